The van der Waals surface area contributed by atoms with E-state index in [1.165, 1.54) is 17.4 Å². The summed E-state index contributed by atoms with van der Waals surface area (Å²) in [5.41, 5.74) is 1.05. The van der Waals surface area contributed by atoms with E-state index in [2.05, 4.69) is 32.1 Å². The standard InChI is InChI=1S/C25H30N6O3/c1-3-31-22-21(24(33)29-25(31)34)18(12-19(28-22)17-5-6-17)23(32)27-14-16-4-7-20(26-13-16)30-10-8-15(2)9-11-30/h4,7,12-13,15,17H,3,5-6,8-11,14H2,1-2H3,(H,27,32)(H,29,33,34). The summed E-state index contributed by atoms with van der Waals surface area (Å²) in [4.78, 5) is 52.0. The number of hydrogen-bond acceptors (Lipinski definition) is 6. The average Bonchev–Trinajstić information content (AvgIpc) is 3.68. The summed E-state index contributed by atoms with van der Waals surface area (Å²) in [7, 11) is 0. The molecule has 34 heavy (non-hydrogen) atoms. The number of carbonyl (C=O) groups is 1. The molecule has 2 fully saturated rings. The molecular formula is C25H30N6O3. The Kier molecular flexibility index (Phi) is 5.93. The van der Waals surface area contributed by atoms with Crippen LogP contribution in [0.5, 0.6) is 0 Å². The van der Waals surface area contributed by atoms with Crippen molar-refractivity contribution in [3.05, 3.63) is 62.1 Å². The molecule has 1 aliphatic heterocycles. The first-order chi connectivity index (χ1) is 16.4. The Hall–Kier alpha value is -3.49. The predicted octanol–water partition coefficient (Wildman–Crippen LogP) is 2.54. The van der Waals surface area contributed by atoms with Crippen LogP contribution in [0.15, 0.2) is 34.0 Å². The largest absolute Gasteiger partial charge is 0.357 e. The minimum Gasteiger partial charge on any atom is -0.357 e. The van der Waals surface area contributed by atoms with E-state index in [9.17, 15) is 14.4 Å². The molecule has 0 atom stereocenters. The first kappa shape index (κ1) is 22.3. The molecule has 3 aromatic heterocycles. The molecule has 5 rings (SSSR count). The molecule has 0 radical (unpaired) electrons. The van der Waals surface area contributed by atoms with Gasteiger partial charge in [-0.2, -0.15) is 0 Å². The first-order valence-corrected chi connectivity index (χ1v) is 12.1. The lowest BCUT2D eigenvalue weighted by molar-refractivity contribution is 0.0952. The second kappa shape index (κ2) is 9.04. The zero-order chi connectivity index (χ0) is 23.8. The van der Waals surface area contributed by atoms with Crippen LogP contribution in [-0.2, 0) is 13.1 Å². The number of rotatable bonds is 6. The van der Waals surface area contributed by atoms with Crippen LogP contribution in [0.2, 0.25) is 0 Å². The normalized spacial score (nSPS) is 16.7. The number of nitrogens with one attached hydrogen (secondary N) is 2. The zero-order valence-corrected chi connectivity index (χ0v) is 19.6. The number of H-pyrrole nitrogens is 1. The van der Waals surface area contributed by atoms with Crippen molar-refractivity contribution in [2.24, 2.45) is 5.92 Å². The van der Waals surface area contributed by atoms with Crippen molar-refractivity contribution in [2.75, 3.05) is 18.0 Å². The summed E-state index contributed by atoms with van der Waals surface area (Å²) in [6.45, 7) is 6.76. The topological polar surface area (TPSA) is 113 Å². The van der Waals surface area contributed by atoms with Gasteiger partial charge < -0.3 is 10.2 Å². The first-order valence-electron chi connectivity index (χ1n) is 12.1. The average molecular weight is 463 g/mol. The maximum absolute atomic E-state index is 13.2. The number of aromatic amines is 1. The van der Waals surface area contributed by atoms with Crippen LogP contribution >= 0.6 is 0 Å². The molecule has 9 nitrogen and oxygen atoms in total. The molecule has 4 heterocycles. The summed E-state index contributed by atoms with van der Waals surface area (Å²) in [5.74, 6) is 1.62. The van der Waals surface area contributed by atoms with Gasteiger partial charge in [0.1, 0.15) is 5.82 Å². The van der Waals surface area contributed by atoms with Gasteiger partial charge in [0.25, 0.3) is 11.5 Å². The molecule has 3 aromatic rings. The van der Waals surface area contributed by atoms with Crippen molar-refractivity contribution in [2.45, 2.75) is 58.5 Å². The Morgan fingerprint density at radius 1 is 1.18 bits per heavy atom. The third kappa shape index (κ3) is 4.34. The molecule has 0 spiro atoms. The van der Waals surface area contributed by atoms with Crippen LogP contribution in [0.3, 0.4) is 0 Å². The number of piperidine rings is 1. The highest BCUT2D eigenvalue weighted by Crippen LogP contribution is 2.39. The van der Waals surface area contributed by atoms with E-state index in [1.54, 1.807) is 12.3 Å². The van der Waals surface area contributed by atoms with E-state index in [1.807, 2.05) is 19.1 Å². The van der Waals surface area contributed by atoms with Crippen molar-refractivity contribution >= 4 is 22.8 Å². The second-order valence-electron chi connectivity index (χ2n) is 9.45. The van der Waals surface area contributed by atoms with Crippen LogP contribution in [0.25, 0.3) is 11.0 Å². The molecule has 1 aliphatic carbocycles. The van der Waals surface area contributed by atoms with Crippen LogP contribution in [0, 0.1) is 5.92 Å². The lowest BCUT2D eigenvalue weighted by Crippen LogP contribution is -2.33. The van der Waals surface area contributed by atoms with Gasteiger partial charge in [0.15, 0.2) is 5.65 Å². The molecule has 2 N–H and O–H groups in total. The predicted molar refractivity (Wildman–Crippen MR) is 130 cm³/mol. The Balaban J connectivity index is 1.38. The van der Waals surface area contributed by atoms with Crippen molar-refractivity contribution in [3.8, 4) is 0 Å². The van der Waals surface area contributed by atoms with Gasteiger partial charge in [-0.05, 0) is 56.2 Å². The summed E-state index contributed by atoms with van der Waals surface area (Å²) in [5, 5.41) is 3.07. The van der Waals surface area contributed by atoms with E-state index < -0.39 is 11.2 Å². The molecule has 1 saturated carbocycles. The van der Waals surface area contributed by atoms with Crippen LogP contribution in [0.1, 0.15) is 67.1 Å². The second-order valence-corrected chi connectivity index (χ2v) is 9.45. The number of amides is 1. The van der Waals surface area contributed by atoms with Crippen molar-refractivity contribution in [1.29, 1.82) is 0 Å². The number of pyridine rings is 2. The fourth-order valence-corrected chi connectivity index (χ4v) is 4.58. The molecule has 0 aromatic carbocycles. The molecule has 1 amide bonds. The molecule has 0 bridgehead atoms. The number of anilines is 1. The van der Waals surface area contributed by atoms with Crippen LogP contribution in [-0.4, -0.2) is 38.5 Å². The summed E-state index contributed by atoms with van der Waals surface area (Å²) >= 11 is 0. The lowest BCUT2D eigenvalue weighted by Gasteiger charge is -2.31. The highest BCUT2D eigenvalue weighted by molar-refractivity contribution is 6.05. The maximum atomic E-state index is 13.2. The molecule has 9 heteroatoms. The van der Waals surface area contributed by atoms with Gasteiger partial charge in [0.05, 0.1) is 10.9 Å². The molecule has 1 saturated heterocycles. The van der Waals surface area contributed by atoms with Gasteiger partial charge in [-0.1, -0.05) is 13.0 Å². The van der Waals surface area contributed by atoms with E-state index in [-0.39, 0.29) is 35.0 Å². The van der Waals surface area contributed by atoms with Crippen LogP contribution in [0.4, 0.5) is 5.82 Å². The Labute approximate surface area is 197 Å². The summed E-state index contributed by atoms with van der Waals surface area (Å²) in [6, 6.07) is 5.67. The van der Waals surface area contributed by atoms with Crippen molar-refractivity contribution in [3.63, 3.8) is 0 Å². The SMILES string of the molecule is CCn1c(=O)[nH]c(=O)c2c(C(=O)NCc3ccc(N4CCC(C)CC4)nc3)cc(C3CC3)nc21. The third-order valence-corrected chi connectivity index (χ3v) is 6.89. The molecule has 2 aliphatic rings. The molecule has 0 unspecified atom stereocenters. The Morgan fingerprint density at radius 2 is 1.94 bits per heavy atom. The third-order valence-electron chi connectivity index (χ3n) is 6.89. The highest BCUT2D eigenvalue weighted by Gasteiger charge is 2.28. The molecular weight excluding hydrogens is 432 g/mol. The number of carbonyl (C=O) groups excluding carboxylic acids is 1. The lowest BCUT2D eigenvalue weighted by atomic mass is 9.99. The minimum atomic E-state index is -0.591. The fraction of sp³-hybridized carbons (Fsp3) is 0.480. The van der Waals surface area contributed by atoms with Crippen LogP contribution < -0.4 is 21.5 Å². The fourth-order valence-electron chi connectivity index (χ4n) is 4.58. The number of hydrogen-bond donors (Lipinski definition) is 2. The van der Waals surface area contributed by atoms with Gasteiger partial charge in [-0.15, -0.1) is 0 Å². The number of aromatic nitrogens is 4. The monoisotopic (exact) mass is 462 g/mol. The highest BCUT2D eigenvalue weighted by atomic mass is 16.2. The van der Waals surface area contributed by atoms with E-state index in [0.717, 1.165) is 48.9 Å². The number of nitrogens with zero attached hydrogens (tertiary/aromatic N) is 4. The maximum Gasteiger partial charge on any atom is 0.329 e. The summed E-state index contributed by atoms with van der Waals surface area (Å²) < 4.78 is 1.41. The van der Waals surface area contributed by atoms with Gasteiger partial charge in [0, 0.05) is 44.0 Å². The zero-order valence-electron chi connectivity index (χ0n) is 19.6. The quantitative estimate of drug-likeness (QED) is 0.582. The number of fused-ring (bicyclic) bond motifs is 1. The van der Waals surface area contributed by atoms with Gasteiger partial charge in [0.2, 0.25) is 0 Å². The van der Waals surface area contributed by atoms with Crippen molar-refractivity contribution in [1.82, 2.24) is 24.8 Å². The Morgan fingerprint density at radius 3 is 2.59 bits per heavy atom. The van der Waals surface area contributed by atoms with Gasteiger partial charge >= 0.3 is 5.69 Å². The number of aryl methyl sites for hydroxylation is 1. The van der Waals surface area contributed by atoms with E-state index in [4.69, 9.17) is 0 Å². The molecule has 178 valence electrons. The minimum absolute atomic E-state index is 0.149. The van der Waals surface area contributed by atoms with Gasteiger partial charge in [-0.25, -0.2) is 14.8 Å². The van der Waals surface area contributed by atoms with E-state index in [0.29, 0.717) is 6.54 Å². The van der Waals surface area contributed by atoms with E-state index >= 15 is 0 Å². The Bertz CT molecular complexity index is 1330. The smallest absolute Gasteiger partial charge is 0.329 e. The van der Waals surface area contributed by atoms with Gasteiger partial charge in [-0.3, -0.25) is 19.1 Å². The summed E-state index contributed by atoms with van der Waals surface area (Å²) in [6.07, 6.45) is 6.12. The van der Waals surface area contributed by atoms with Crippen molar-refractivity contribution < 1.29 is 4.79 Å².